The van der Waals surface area contributed by atoms with Gasteiger partial charge < -0.3 is 15.3 Å². The maximum Gasteiger partial charge on any atom is 0.229 e. The van der Waals surface area contributed by atoms with Gasteiger partial charge in [0.1, 0.15) is 0 Å². The first-order valence-electron chi connectivity index (χ1n) is 10.0. The van der Waals surface area contributed by atoms with Crippen molar-refractivity contribution >= 4 is 17.3 Å². The first kappa shape index (κ1) is 20.8. The van der Waals surface area contributed by atoms with Crippen LogP contribution in [0.15, 0.2) is 0 Å². The van der Waals surface area contributed by atoms with Crippen LogP contribution in [0.3, 0.4) is 0 Å². The van der Waals surface area contributed by atoms with Gasteiger partial charge in [-0.2, -0.15) is 0 Å². The molecule has 4 heteroatoms. The number of amides is 1. The Morgan fingerprint density at radius 3 is 2.42 bits per heavy atom. The molecule has 2 rings (SSSR count). The number of carbonyl (C=O) groups excluding carboxylic acids is 1. The highest BCUT2D eigenvalue weighted by molar-refractivity contribution is 6.00. The number of aliphatic hydroxyl groups excluding tert-OH is 1. The number of nitrogens with zero attached hydrogens (tertiary/aromatic N) is 1. The minimum atomic E-state index is -0.450. The molecule has 0 atom stereocenters. The number of rotatable bonds is 7. The van der Waals surface area contributed by atoms with Crippen LogP contribution in [0.2, 0.25) is 0 Å². The van der Waals surface area contributed by atoms with Crippen LogP contribution in [-0.4, -0.2) is 24.1 Å². The Hall–Kier alpha value is -1.55. The quantitative estimate of drug-likeness (QED) is 0.692. The van der Waals surface area contributed by atoms with E-state index in [2.05, 4.69) is 24.1 Å². The third kappa shape index (κ3) is 4.22. The number of anilines is 2. The SMILES string of the molecule is CCCCCCN1CCc2c(C)c(CO)c(C)c(NC(=O)C(C)(C)C)c21. The lowest BCUT2D eigenvalue weighted by Gasteiger charge is -2.28. The van der Waals surface area contributed by atoms with Crippen molar-refractivity contribution in [2.75, 3.05) is 23.3 Å². The van der Waals surface area contributed by atoms with Crippen molar-refractivity contribution in [3.05, 3.63) is 22.3 Å². The second-order valence-corrected chi connectivity index (χ2v) is 8.59. The van der Waals surface area contributed by atoms with Crippen molar-refractivity contribution in [2.45, 2.75) is 80.3 Å². The fourth-order valence-corrected chi connectivity index (χ4v) is 3.78. The van der Waals surface area contributed by atoms with E-state index in [1.807, 2.05) is 27.7 Å². The average molecular weight is 361 g/mol. The van der Waals surface area contributed by atoms with Gasteiger partial charge in [0, 0.05) is 18.5 Å². The topological polar surface area (TPSA) is 52.6 Å². The van der Waals surface area contributed by atoms with Crippen LogP contribution in [0.1, 0.15) is 75.6 Å². The van der Waals surface area contributed by atoms with Gasteiger partial charge in [-0.25, -0.2) is 0 Å². The fourth-order valence-electron chi connectivity index (χ4n) is 3.78. The molecule has 0 aliphatic carbocycles. The normalized spacial score (nSPS) is 13.9. The van der Waals surface area contributed by atoms with Crippen molar-refractivity contribution < 1.29 is 9.90 Å². The fraction of sp³-hybridized carbons (Fsp3) is 0.682. The maximum absolute atomic E-state index is 12.7. The van der Waals surface area contributed by atoms with E-state index in [9.17, 15) is 9.90 Å². The zero-order chi connectivity index (χ0) is 19.5. The summed E-state index contributed by atoms with van der Waals surface area (Å²) in [5, 5.41) is 13.1. The van der Waals surface area contributed by atoms with Crippen molar-refractivity contribution in [1.29, 1.82) is 0 Å². The smallest absolute Gasteiger partial charge is 0.229 e. The zero-order valence-corrected chi connectivity index (χ0v) is 17.5. The number of fused-ring (bicyclic) bond motifs is 1. The molecule has 26 heavy (non-hydrogen) atoms. The van der Waals surface area contributed by atoms with E-state index in [-0.39, 0.29) is 12.5 Å². The first-order chi connectivity index (χ1) is 12.2. The van der Waals surface area contributed by atoms with Crippen LogP contribution in [0.5, 0.6) is 0 Å². The van der Waals surface area contributed by atoms with E-state index in [1.165, 1.54) is 42.5 Å². The number of benzene rings is 1. The number of hydrogen-bond donors (Lipinski definition) is 2. The van der Waals surface area contributed by atoms with E-state index in [0.29, 0.717) is 0 Å². The summed E-state index contributed by atoms with van der Waals surface area (Å²) < 4.78 is 0. The van der Waals surface area contributed by atoms with Gasteiger partial charge in [0.25, 0.3) is 0 Å². The van der Waals surface area contributed by atoms with Gasteiger partial charge in [-0.05, 0) is 48.9 Å². The molecule has 0 unspecified atom stereocenters. The molecule has 0 radical (unpaired) electrons. The van der Waals surface area contributed by atoms with Crippen molar-refractivity contribution in [1.82, 2.24) is 0 Å². The van der Waals surface area contributed by atoms with E-state index in [4.69, 9.17) is 0 Å². The van der Waals surface area contributed by atoms with Crippen LogP contribution in [0.4, 0.5) is 11.4 Å². The molecule has 2 N–H and O–H groups in total. The lowest BCUT2D eigenvalue weighted by atomic mass is 9.92. The summed E-state index contributed by atoms with van der Waals surface area (Å²) >= 11 is 0. The molecule has 1 aliphatic heterocycles. The minimum Gasteiger partial charge on any atom is -0.392 e. The molecule has 0 spiro atoms. The molecule has 1 amide bonds. The van der Waals surface area contributed by atoms with Gasteiger partial charge in [0.2, 0.25) is 5.91 Å². The molecule has 1 aromatic carbocycles. The molecule has 0 fully saturated rings. The predicted octanol–water partition coefficient (Wildman–Crippen LogP) is 4.72. The first-order valence-corrected chi connectivity index (χ1v) is 10.0. The Morgan fingerprint density at radius 2 is 1.85 bits per heavy atom. The Morgan fingerprint density at radius 1 is 1.15 bits per heavy atom. The predicted molar refractivity (Wildman–Crippen MR) is 110 cm³/mol. The van der Waals surface area contributed by atoms with Gasteiger partial charge in [-0.15, -0.1) is 0 Å². The highest BCUT2D eigenvalue weighted by Gasteiger charge is 2.30. The largest absolute Gasteiger partial charge is 0.392 e. The van der Waals surface area contributed by atoms with E-state index >= 15 is 0 Å². The Labute approximate surface area is 159 Å². The van der Waals surface area contributed by atoms with Crippen molar-refractivity contribution in [3.63, 3.8) is 0 Å². The van der Waals surface area contributed by atoms with E-state index in [0.717, 1.165) is 36.3 Å². The molecule has 0 saturated heterocycles. The number of carbonyl (C=O) groups is 1. The standard InChI is InChI=1S/C22H36N2O2/c1-7-8-9-10-12-24-13-11-17-15(2)18(14-25)16(3)19(20(17)24)23-21(26)22(4,5)6/h25H,7-14H2,1-6H3,(H,23,26). The molecule has 146 valence electrons. The van der Waals surface area contributed by atoms with Crippen LogP contribution >= 0.6 is 0 Å². The summed E-state index contributed by atoms with van der Waals surface area (Å²) in [4.78, 5) is 15.1. The van der Waals surface area contributed by atoms with Crippen LogP contribution in [0, 0.1) is 19.3 Å². The second kappa shape index (κ2) is 8.43. The highest BCUT2D eigenvalue weighted by Crippen LogP contribution is 2.43. The van der Waals surface area contributed by atoms with Gasteiger partial charge in [0.15, 0.2) is 0 Å². The molecule has 1 aliphatic rings. The number of unbranched alkanes of at least 4 members (excludes halogenated alkanes) is 3. The lowest BCUT2D eigenvalue weighted by molar-refractivity contribution is -0.123. The van der Waals surface area contributed by atoms with Crippen LogP contribution in [0.25, 0.3) is 0 Å². The van der Waals surface area contributed by atoms with Gasteiger partial charge >= 0.3 is 0 Å². The molecular weight excluding hydrogens is 324 g/mol. The van der Waals surface area contributed by atoms with Crippen molar-refractivity contribution in [2.24, 2.45) is 5.41 Å². The molecule has 0 saturated carbocycles. The molecule has 1 aromatic rings. The number of aliphatic hydroxyl groups is 1. The summed E-state index contributed by atoms with van der Waals surface area (Å²) in [7, 11) is 0. The van der Waals surface area contributed by atoms with Crippen molar-refractivity contribution in [3.8, 4) is 0 Å². The van der Waals surface area contributed by atoms with Gasteiger partial charge in [0.05, 0.1) is 18.0 Å². The number of hydrogen-bond acceptors (Lipinski definition) is 3. The zero-order valence-electron chi connectivity index (χ0n) is 17.5. The molecule has 1 heterocycles. The highest BCUT2D eigenvalue weighted by atomic mass is 16.3. The maximum atomic E-state index is 12.7. The molecule has 0 bridgehead atoms. The summed E-state index contributed by atoms with van der Waals surface area (Å²) in [6, 6.07) is 0. The Balaban J connectivity index is 2.42. The summed E-state index contributed by atoms with van der Waals surface area (Å²) in [5.41, 5.74) is 6.08. The monoisotopic (exact) mass is 360 g/mol. The third-order valence-electron chi connectivity index (χ3n) is 5.56. The number of nitrogens with one attached hydrogen (secondary N) is 1. The van der Waals surface area contributed by atoms with Gasteiger partial charge in [-0.3, -0.25) is 4.79 Å². The summed E-state index contributed by atoms with van der Waals surface area (Å²) in [6.45, 7) is 14.2. The van der Waals surface area contributed by atoms with E-state index < -0.39 is 5.41 Å². The lowest BCUT2D eigenvalue weighted by Crippen LogP contribution is -2.30. The molecule has 0 aromatic heterocycles. The van der Waals surface area contributed by atoms with E-state index in [1.54, 1.807) is 0 Å². The Kier molecular flexibility index (Phi) is 6.73. The van der Waals surface area contributed by atoms with Crippen LogP contribution in [-0.2, 0) is 17.8 Å². The summed E-state index contributed by atoms with van der Waals surface area (Å²) in [5.74, 6) is 0.0216. The third-order valence-corrected chi connectivity index (χ3v) is 5.56. The molecular formula is C22H36N2O2. The second-order valence-electron chi connectivity index (χ2n) is 8.59. The average Bonchev–Trinajstić information content (AvgIpc) is 2.99. The molecule has 4 nitrogen and oxygen atoms in total. The summed E-state index contributed by atoms with van der Waals surface area (Å²) in [6.07, 6.45) is 5.93. The van der Waals surface area contributed by atoms with Crippen LogP contribution < -0.4 is 10.2 Å². The Bertz CT molecular complexity index is 659. The van der Waals surface area contributed by atoms with Gasteiger partial charge in [-0.1, -0.05) is 47.0 Å². The minimum absolute atomic E-state index is 0.0137.